The molecule has 1 fully saturated rings. The van der Waals surface area contributed by atoms with Crippen LogP contribution in [0.25, 0.3) is 11.0 Å². The maximum Gasteiger partial charge on any atom is 0.155 e. The van der Waals surface area contributed by atoms with Gasteiger partial charge in [-0.05, 0) is 38.0 Å². The Bertz CT molecular complexity index is 967. The molecule has 9 heteroatoms. The first-order chi connectivity index (χ1) is 12.4. The molecule has 0 unspecified atom stereocenters. The van der Waals surface area contributed by atoms with Gasteiger partial charge >= 0.3 is 0 Å². The molecule has 0 amide bonds. The van der Waals surface area contributed by atoms with Crippen LogP contribution in [0.3, 0.4) is 0 Å². The van der Waals surface area contributed by atoms with Crippen LogP contribution in [-0.4, -0.2) is 30.7 Å². The van der Waals surface area contributed by atoms with Gasteiger partial charge < -0.3 is 26.5 Å². The number of anilines is 3. The zero-order chi connectivity index (χ0) is 18.4. The van der Waals surface area contributed by atoms with E-state index in [4.69, 9.17) is 11.5 Å². The lowest BCUT2D eigenvalue weighted by atomic mass is 9.89. The van der Waals surface area contributed by atoms with E-state index >= 15 is 0 Å². The molecule has 1 aromatic carbocycles. The van der Waals surface area contributed by atoms with Gasteiger partial charge in [-0.25, -0.2) is 19.3 Å². The summed E-state index contributed by atoms with van der Waals surface area (Å²) in [6, 6.07) is 4.33. The number of aromatic nitrogens is 4. The molecule has 0 radical (unpaired) electrons. The minimum Gasteiger partial charge on any atom is -0.393 e. The number of nitrogens with zero attached hydrogens (tertiary/aromatic N) is 4. The lowest BCUT2D eigenvalue weighted by molar-refractivity contribution is 0.0488. The average molecular weight is 357 g/mol. The van der Waals surface area contributed by atoms with Gasteiger partial charge in [0, 0.05) is 6.04 Å². The van der Waals surface area contributed by atoms with E-state index < -0.39 is 0 Å². The molecule has 2 aromatic heterocycles. The number of halogens is 1. The van der Waals surface area contributed by atoms with E-state index in [1.54, 1.807) is 6.07 Å². The molecule has 136 valence electrons. The summed E-state index contributed by atoms with van der Waals surface area (Å²) in [5, 5.41) is 12.9. The van der Waals surface area contributed by atoms with Crippen molar-refractivity contribution in [2.24, 2.45) is 0 Å². The number of benzene rings is 1. The van der Waals surface area contributed by atoms with Gasteiger partial charge in [0.15, 0.2) is 11.6 Å². The van der Waals surface area contributed by atoms with Gasteiger partial charge in [-0.3, -0.25) is 0 Å². The molecule has 26 heavy (non-hydrogen) atoms. The van der Waals surface area contributed by atoms with Crippen molar-refractivity contribution in [1.82, 2.24) is 19.5 Å². The number of hydrogen-bond donors (Lipinski definition) is 4. The molecule has 0 saturated heterocycles. The molecular formula is C17H20FN7O. The molecule has 0 bridgehead atoms. The Morgan fingerprint density at radius 2 is 2.08 bits per heavy atom. The standard InChI is InChI=1S/C17H20FN7O/c1-8(23-16-14(19)15(20)21-7-22-16)17-24-12-3-2-9(18)4-13(12)25(17)10-5-11(26)6-10/h2-4,7-8,10-11,26H,5-6,19H2,1H3,(H3,20,21,22,23)/t8-,10-,11-/m0/s1. The smallest absolute Gasteiger partial charge is 0.155 e. The number of rotatable bonds is 4. The minimum absolute atomic E-state index is 0.0730. The van der Waals surface area contributed by atoms with Crippen LogP contribution < -0.4 is 16.8 Å². The van der Waals surface area contributed by atoms with Crippen LogP contribution in [0, 0.1) is 5.82 Å². The van der Waals surface area contributed by atoms with Crippen LogP contribution in [0.4, 0.5) is 21.7 Å². The summed E-state index contributed by atoms with van der Waals surface area (Å²) in [4.78, 5) is 12.6. The van der Waals surface area contributed by atoms with E-state index in [2.05, 4.69) is 20.3 Å². The molecule has 2 heterocycles. The predicted octanol–water partition coefficient (Wildman–Crippen LogP) is 2.00. The molecule has 1 aliphatic rings. The van der Waals surface area contributed by atoms with Gasteiger partial charge in [0.25, 0.3) is 0 Å². The number of imidazole rings is 1. The van der Waals surface area contributed by atoms with Crippen molar-refractivity contribution in [3.05, 3.63) is 36.2 Å². The summed E-state index contributed by atoms with van der Waals surface area (Å²) in [7, 11) is 0. The quantitative estimate of drug-likeness (QED) is 0.562. The average Bonchev–Trinajstić information content (AvgIpc) is 2.94. The molecule has 1 atom stereocenters. The third-order valence-electron chi connectivity index (χ3n) is 4.79. The molecule has 4 rings (SSSR count). The maximum absolute atomic E-state index is 13.8. The molecule has 6 N–H and O–H groups in total. The fraction of sp³-hybridized carbons (Fsp3) is 0.353. The first kappa shape index (κ1) is 16.5. The van der Waals surface area contributed by atoms with Gasteiger partial charge in [0.05, 0.1) is 23.2 Å². The highest BCUT2D eigenvalue weighted by molar-refractivity contribution is 5.77. The van der Waals surface area contributed by atoms with E-state index in [0.29, 0.717) is 29.7 Å². The first-order valence-electron chi connectivity index (χ1n) is 8.42. The van der Waals surface area contributed by atoms with Crippen LogP contribution in [0.5, 0.6) is 0 Å². The van der Waals surface area contributed by atoms with E-state index in [1.807, 2.05) is 11.5 Å². The second-order valence-electron chi connectivity index (χ2n) is 6.64. The highest BCUT2D eigenvalue weighted by Gasteiger charge is 2.33. The number of nitrogens with one attached hydrogen (secondary N) is 1. The van der Waals surface area contributed by atoms with Crippen molar-refractivity contribution in [1.29, 1.82) is 0 Å². The topological polar surface area (TPSA) is 128 Å². The second-order valence-corrected chi connectivity index (χ2v) is 6.64. The predicted molar refractivity (Wildman–Crippen MR) is 96.9 cm³/mol. The molecule has 1 aliphatic carbocycles. The van der Waals surface area contributed by atoms with Crippen molar-refractivity contribution < 1.29 is 9.50 Å². The largest absolute Gasteiger partial charge is 0.393 e. The molecule has 3 aromatic rings. The molecular weight excluding hydrogens is 337 g/mol. The molecule has 1 saturated carbocycles. The minimum atomic E-state index is -0.334. The van der Waals surface area contributed by atoms with E-state index in [9.17, 15) is 9.50 Å². The van der Waals surface area contributed by atoms with Crippen molar-refractivity contribution in [2.75, 3.05) is 16.8 Å². The maximum atomic E-state index is 13.8. The van der Waals surface area contributed by atoms with Gasteiger partial charge in [0.2, 0.25) is 0 Å². The van der Waals surface area contributed by atoms with Crippen LogP contribution >= 0.6 is 0 Å². The van der Waals surface area contributed by atoms with E-state index in [0.717, 1.165) is 5.82 Å². The van der Waals surface area contributed by atoms with Crippen molar-refractivity contribution in [3.8, 4) is 0 Å². The Balaban J connectivity index is 1.75. The monoisotopic (exact) mass is 357 g/mol. The number of nitrogens with two attached hydrogens (primary N) is 2. The fourth-order valence-electron chi connectivity index (χ4n) is 3.34. The summed E-state index contributed by atoms with van der Waals surface area (Å²) in [5.41, 5.74) is 13.3. The number of aliphatic hydroxyl groups is 1. The Hall–Kier alpha value is -2.94. The second kappa shape index (κ2) is 6.10. The summed E-state index contributed by atoms with van der Waals surface area (Å²) in [6.45, 7) is 1.92. The van der Waals surface area contributed by atoms with Gasteiger partial charge in [0.1, 0.15) is 23.7 Å². The lowest BCUT2D eigenvalue weighted by Gasteiger charge is -2.35. The van der Waals surface area contributed by atoms with E-state index in [-0.39, 0.29) is 35.5 Å². The molecule has 0 aliphatic heterocycles. The van der Waals surface area contributed by atoms with E-state index in [1.165, 1.54) is 18.5 Å². The summed E-state index contributed by atoms with van der Waals surface area (Å²) in [6.07, 6.45) is 2.23. The van der Waals surface area contributed by atoms with Crippen LogP contribution in [-0.2, 0) is 0 Å². The Morgan fingerprint density at radius 1 is 1.31 bits per heavy atom. The zero-order valence-corrected chi connectivity index (χ0v) is 14.2. The van der Waals surface area contributed by atoms with Gasteiger partial charge in [-0.1, -0.05) is 0 Å². The summed E-state index contributed by atoms with van der Waals surface area (Å²) < 4.78 is 15.8. The summed E-state index contributed by atoms with van der Waals surface area (Å²) in [5.74, 6) is 1.02. The number of hydrogen-bond acceptors (Lipinski definition) is 7. The molecule has 0 spiro atoms. The van der Waals surface area contributed by atoms with Gasteiger partial charge in [-0.15, -0.1) is 0 Å². The third-order valence-corrected chi connectivity index (χ3v) is 4.79. The van der Waals surface area contributed by atoms with Crippen LogP contribution in [0.1, 0.15) is 37.7 Å². The summed E-state index contributed by atoms with van der Waals surface area (Å²) >= 11 is 0. The highest BCUT2D eigenvalue weighted by atomic mass is 19.1. The first-order valence-corrected chi connectivity index (χ1v) is 8.42. The van der Waals surface area contributed by atoms with Crippen LogP contribution in [0.15, 0.2) is 24.5 Å². The van der Waals surface area contributed by atoms with Gasteiger partial charge in [-0.2, -0.15) is 0 Å². The lowest BCUT2D eigenvalue weighted by Crippen LogP contribution is -2.32. The number of nitrogen functional groups attached to an aromatic ring is 2. The molecule has 8 nitrogen and oxygen atoms in total. The van der Waals surface area contributed by atoms with Crippen LogP contribution in [0.2, 0.25) is 0 Å². The Kier molecular flexibility index (Phi) is 3.87. The Labute approximate surface area is 149 Å². The normalized spacial score (nSPS) is 20.7. The SMILES string of the molecule is C[C@H](Nc1ncnc(N)c1N)c1nc2ccc(F)cc2n1[C@H]1C[C@H](O)C1. The zero-order valence-electron chi connectivity index (χ0n) is 14.2. The van der Waals surface area contributed by atoms with Crippen molar-refractivity contribution in [2.45, 2.75) is 38.0 Å². The highest BCUT2D eigenvalue weighted by Crippen LogP contribution is 2.38. The number of aliphatic hydroxyl groups excluding tert-OH is 1. The van der Waals surface area contributed by atoms with Crippen molar-refractivity contribution in [3.63, 3.8) is 0 Å². The number of fused-ring (bicyclic) bond motifs is 1. The fourth-order valence-corrected chi connectivity index (χ4v) is 3.34. The van der Waals surface area contributed by atoms with Crippen molar-refractivity contribution >= 4 is 28.4 Å². The Morgan fingerprint density at radius 3 is 2.81 bits per heavy atom. The third kappa shape index (κ3) is 2.70.